The number of carbonyl (C=O) groups excluding carboxylic acids is 1. The summed E-state index contributed by atoms with van der Waals surface area (Å²) in [7, 11) is 0. The molecular weight excluding hydrogens is 252 g/mol. The van der Waals surface area contributed by atoms with Gasteiger partial charge in [0.1, 0.15) is 0 Å². The summed E-state index contributed by atoms with van der Waals surface area (Å²) in [5.41, 5.74) is 0.839. The van der Waals surface area contributed by atoms with E-state index < -0.39 is 0 Å². The van der Waals surface area contributed by atoms with Crippen molar-refractivity contribution in [1.82, 2.24) is 14.5 Å². The van der Waals surface area contributed by atoms with Crippen LogP contribution in [0.4, 0.5) is 10.5 Å². The molecule has 5 heteroatoms. The Labute approximate surface area is 118 Å². The van der Waals surface area contributed by atoms with Crippen LogP contribution in [0.15, 0.2) is 49.1 Å². The molecule has 1 aromatic carbocycles. The van der Waals surface area contributed by atoms with Crippen molar-refractivity contribution < 1.29 is 4.79 Å². The lowest BCUT2D eigenvalue weighted by Gasteiger charge is -2.25. The molecule has 104 valence electrons. The van der Waals surface area contributed by atoms with E-state index in [1.807, 2.05) is 46.0 Å². The van der Waals surface area contributed by atoms with E-state index in [-0.39, 0.29) is 12.1 Å². The number of likely N-dealkylation sites (tertiary alicyclic amines) is 1. The fourth-order valence-corrected chi connectivity index (χ4v) is 2.65. The molecular formula is C15H18N4O. The van der Waals surface area contributed by atoms with E-state index >= 15 is 0 Å². The van der Waals surface area contributed by atoms with E-state index in [0.29, 0.717) is 0 Å². The Kier molecular flexibility index (Phi) is 3.67. The van der Waals surface area contributed by atoms with Crippen molar-refractivity contribution >= 4 is 11.7 Å². The predicted molar refractivity (Wildman–Crippen MR) is 77.4 cm³/mol. The maximum absolute atomic E-state index is 12.3. The normalized spacial score (nSPS) is 18.2. The molecule has 1 N–H and O–H groups in total. The van der Waals surface area contributed by atoms with Crippen LogP contribution in [0.25, 0.3) is 0 Å². The van der Waals surface area contributed by atoms with Gasteiger partial charge < -0.3 is 14.8 Å². The molecule has 0 aliphatic carbocycles. The Bertz CT molecular complexity index is 553. The number of benzene rings is 1. The number of nitrogens with one attached hydrogen (secondary N) is 1. The van der Waals surface area contributed by atoms with Crippen LogP contribution in [0.3, 0.4) is 0 Å². The number of urea groups is 1. The van der Waals surface area contributed by atoms with Crippen molar-refractivity contribution in [2.24, 2.45) is 0 Å². The van der Waals surface area contributed by atoms with Crippen molar-refractivity contribution in [3.63, 3.8) is 0 Å². The Morgan fingerprint density at radius 3 is 2.95 bits per heavy atom. The van der Waals surface area contributed by atoms with Crippen molar-refractivity contribution in [3.05, 3.63) is 49.1 Å². The minimum atomic E-state index is -0.0150. The molecule has 1 aromatic heterocycles. The highest BCUT2D eigenvalue weighted by Gasteiger charge is 2.28. The zero-order valence-electron chi connectivity index (χ0n) is 11.3. The highest BCUT2D eigenvalue weighted by atomic mass is 16.2. The highest BCUT2D eigenvalue weighted by molar-refractivity contribution is 5.89. The van der Waals surface area contributed by atoms with E-state index in [0.717, 1.165) is 31.6 Å². The fourth-order valence-electron chi connectivity index (χ4n) is 2.65. The third-order valence-electron chi connectivity index (χ3n) is 3.64. The molecule has 1 saturated heterocycles. The number of aromatic nitrogens is 2. The first kappa shape index (κ1) is 12.7. The second-order valence-electron chi connectivity index (χ2n) is 5.05. The lowest BCUT2D eigenvalue weighted by molar-refractivity contribution is 0.201. The molecule has 20 heavy (non-hydrogen) atoms. The highest BCUT2D eigenvalue weighted by Crippen LogP contribution is 2.20. The number of carbonyl (C=O) groups is 1. The lowest BCUT2D eigenvalue weighted by atomic mass is 10.2. The molecule has 2 amide bonds. The Hall–Kier alpha value is -2.30. The molecule has 1 aliphatic rings. The predicted octanol–water partition coefficient (Wildman–Crippen LogP) is 2.58. The maximum atomic E-state index is 12.3. The van der Waals surface area contributed by atoms with Crippen LogP contribution in [-0.4, -0.2) is 33.1 Å². The molecule has 0 saturated carbocycles. The molecule has 1 unspecified atom stereocenters. The van der Waals surface area contributed by atoms with Crippen molar-refractivity contribution in [3.8, 4) is 0 Å². The molecule has 3 rings (SSSR count). The minimum absolute atomic E-state index is 0.0150. The first-order valence-corrected chi connectivity index (χ1v) is 6.91. The molecule has 1 aliphatic heterocycles. The van der Waals surface area contributed by atoms with Gasteiger partial charge in [-0.15, -0.1) is 0 Å². The van der Waals surface area contributed by atoms with Crippen LogP contribution in [0.5, 0.6) is 0 Å². The number of hydrogen-bond donors (Lipinski definition) is 1. The van der Waals surface area contributed by atoms with Gasteiger partial charge in [0.25, 0.3) is 0 Å². The average Bonchev–Trinajstić information content (AvgIpc) is 3.12. The maximum Gasteiger partial charge on any atom is 0.322 e. The minimum Gasteiger partial charge on any atom is -0.335 e. The SMILES string of the molecule is O=C(Nc1ccccc1)N1CCCC1Cn1ccnc1. The monoisotopic (exact) mass is 270 g/mol. The largest absolute Gasteiger partial charge is 0.335 e. The molecule has 2 heterocycles. The van der Waals surface area contributed by atoms with Gasteiger partial charge in [-0.05, 0) is 25.0 Å². The summed E-state index contributed by atoms with van der Waals surface area (Å²) in [6.07, 6.45) is 7.60. The van der Waals surface area contributed by atoms with Crippen LogP contribution in [0.2, 0.25) is 0 Å². The summed E-state index contributed by atoms with van der Waals surface area (Å²) in [5.74, 6) is 0. The van der Waals surface area contributed by atoms with Crippen molar-refractivity contribution in [2.75, 3.05) is 11.9 Å². The van der Waals surface area contributed by atoms with Crippen LogP contribution >= 0.6 is 0 Å². The van der Waals surface area contributed by atoms with E-state index in [2.05, 4.69) is 10.3 Å². The summed E-state index contributed by atoms with van der Waals surface area (Å²) >= 11 is 0. The van der Waals surface area contributed by atoms with Crippen LogP contribution < -0.4 is 5.32 Å². The van der Waals surface area contributed by atoms with Gasteiger partial charge in [0.2, 0.25) is 0 Å². The molecule has 2 aromatic rings. The zero-order valence-corrected chi connectivity index (χ0v) is 11.3. The number of imidazole rings is 1. The van der Waals surface area contributed by atoms with E-state index in [1.165, 1.54) is 0 Å². The van der Waals surface area contributed by atoms with Gasteiger partial charge in [0.05, 0.1) is 12.4 Å². The molecule has 1 atom stereocenters. The molecule has 0 bridgehead atoms. The summed E-state index contributed by atoms with van der Waals surface area (Å²) in [5, 5.41) is 2.96. The van der Waals surface area contributed by atoms with Gasteiger partial charge in [0.15, 0.2) is 0 Å². The number of hydrogen-bond acceptors (Lipinski definition) is 2. The standard InChI is InChI=1S/C15H18N4O/c20-15(17-13-5-2-1-3-6-13)19-9-4-7-14(19)11-18-10-8-16-12-18/h1-3,5-6,8,10,12,14H,4,7,9,11H2,(H,17,20). The summed E-state index contributed by atoms with van der Waals surface area (Å²) in [6.45, 7) is 1.63. The Morgan fingerprint density at radius 1 is 1.35 bits per heavy atom. The van der Waals surface area contributed by atoms with E-state index in [1.54, 1.807) is 12.5 Å². The summed E-state index contributed by atoms with van der Waals surface area (Å²) < 4.78 is 2.03. The molecule has 1 fully saturated rings. The average molecular weight is 270 g/mol. The lowest BCUT2D eigenvalue weighted by Crippen LogP contribution is -2.40. The van der Waals surface area contributed by atoms with Gasteiger partial charge in [0, 0.05) is 31.2 Å². The van der Waals surface area contributed by atoms with Crippen molar-refractivity contribution in [1.29, 1.82) is 0 Å². The number of rotatable bonds is 3. The van der Waals surface area contributed by atoms with Crippen LogP contribution in [0, 0.1) is 0 Å². The zero-order chi connectivity index (χ0) is 13.8. The smallest absolute Gasteiger partial charge is 0.322 e. The second kappa shape index (κ2) is 5.77. The number of nitrogens with zero attached hydrogens (tertiary/aromatic N) is 3. The topological polar surface area (TPSA) is 50.2 Å². The van der Waals surface area contributed by atoms with Gasteiger partial charge in [-0.1, -0.05) is 18.2 Å². The summed E-state index contributed by atoms with van der Waals surface area (Å²) in [6, 6.07) is 9.81. The van der Waals surface area contributed by atoms with Gasteiger partial charge in [-0.2, -0.15) is 0 Å². The number of amides is 2. The first-order chi connectivity index (χ1) is 9.83. The Morgan fingerprint density at radius 2 is 2.20 bits per heavy atom. The van der Waals surface area contributed by atoms with Gasteiger partial charge in [-0.3, -0.25) is 0 Å². The third-order valence-corrected chi connectivity index (χ3v) is 3.64. The quantitative estimate of drug-likeness (QED) is 0.932. The van der Waals surface area contributed by atoms with E-state index in [4.69, 9.17) is 0 Å². The number of anilines is 1. The van der Waals surface area contributed by atoms with Crippen LogP contribution in [0.1, 0.15) is 12.8 Å². The third kappa shape index (κ3) is 2.82. The van der Waals surface area contributed by atoms with E-state index in [9.17, 15) is 4.79 Å². The number of para-hydroxylation sites is 1. The van der Waals surface area contributed by atoms with Crippen LogP contribution in [-0.2, 0) is 6.54 Å². The van der Waals surface area contributed by atoms with Gasteiger partial charge >= 0.3 is 6.03 Å². The molecule has 5 nitrogen and oxygen atoms in total. The Balaban J connectivity index is 1.64. The fraction of sp³-hybridized carbons (Fsp3) is 0.333. The second-order valence-corrected chi connectivity index (χ2v) is 5.05. The molecule has 0 radical (unpaired) electrons. The van der Waals surface area contributed by atoms with Crippen molar-refractivity contribution in [2.45, 2.75) is 25.4 Å². The first-order valence-electron chi connectivity index (χ1n) is 6.91. The van der Waals surface area contributed by atoms with Gasteiger partial charge in [-0.25, -0.2) is 9.78 Å². The summed E-state index contributed by atoms with van der Waals surface area (Å²) in [4.78, 5) is 18.3. The molecule has 0 spiro atoms.